The van der Waals surface area contributed by atoms with Crippen LogP contribution in [-0.4, -0.2) is 39.5 Å². The molecule has 0 atom stereocenters. The summed E-state index contributed by atoms with van der Waals surface area (Å²) in [5, 5.41) is 11.2. The first-order valence-corrected chi connectivity index (χ1v) is 13.4. The van der Waals surface area contributed by atoms with Crippen LogP contribution in [0.2, 0.25) is 0 Å². The lowest BCUT2D eigenvalue weighted by molar-refractivity contribution is -0.122. The highest BCUT2D eigenvalue weighted by Crippen LogP contribution is 2.22. The van der Waals surface area contributed by atoms with Gasteiger partial charge in [-0.1, -0.05) is 57.7 Å². The molecule has 0 bridgehead atoms. The van der Waals surface area contributed by atoms with Gasteiger partial charge in [0, 0.05) is 42.9 Å². The number of carbonyl (C=O) groups excluding carboxylic acids is 2. The number of nitrogens with zero attached hydrogens (tertiary/aromatic N) is 4. The van der Waals surface area contributed by atoms with E-state index < -0.39 is 0 Å². The summed E-state index contributed by atoms with van der Waals surface area (Å²) in [5.41, 5.74) is 2.46. The van der Waals surface area contributed by atoms with Crippen molar-refractivity contribution in [2.45, 2.75) is 79.3 Å². The zero-order valence-electron chi connectivity index (χ0n) is 21.4. The van der Waals surface area contributed by atoms with Crippen LogP contribution in [0.15, 0.2) is 30.5 Å². The highest BCUT2D eigenvalue weighted by Gasteiger charge is 2.09. The van der Waals surface area contributed by atoms with Gasteiger partial charge in [0.25, 0.3) is 5.91 Å². The van der Waals surface area contributed by atoms with Crippen molar-refractivity contribution in [1.82, 2.24) is 20.3 Å². The van der Waals surface area contributed by atoms with E-state index in [0.717, 1.165) is 49.4 Å². The standard InChI is InChI=1S/C26H41N5O2S/c1-20(2)15-17-34-30(5)24-13-11-22(12-14-24)26(33)27-18-23-19-31(29-28-23)16-9-7-6-8-10-25(32)21(3)4/h11-14,19-21H,6-10,15-18H2,1-5H3,(H,27,33). The van der Waals surface area contributed by atoms with Gasteiger partial charge >= 0.3 is 0 Å². The summed E-state index contributed by atoms with van der Waals surface area (Å²) in [6.07, 6.45) is 7.83. The lowest BCUT2D eigenvalue weighted by atomic mass is 10.0. The number of Topliss-reactive ketones (excluding diaryl/α,β-unsaturated/α-hetero) is 1. The lowest BCUT2D eigenvalue weighted by Crippen LogP contribution is -2.23. The molecule has 0 spiro atoms. The van der Waals surface area contributed by atoms with Crippen molar-refractivity contribution in [2.24, 2.45) is 11.8 Å². The fourth-order valence-corrected chi connectivity index (χ4v) is 4.46. The van der Waals surface area contributed by atoms with Gasteiger partial charge in [-0.05, 0) is 49.4 Å². The van der Waals surface area contributed by atoms with E-state index in [1.54, 1.807) is 11.9 Å². The topological polar surface area (TPSA) is 80.1 Å². The fourth-order valence-electron chi connectivity index (χ4n) is 3.34. The molecule has 1 heterocycles. The average molecular weight is 488 g/mol. The Morgan fingerprint density at radius 1 is 1.06 bits per heavy atom. The van der Waals surface area contributed by atoms with Gasteiger partial charge in [-0.25, -0.2) is 0 Å². The summed E-state index contributed by atoms with van der Waals surface area (Å²) in [4.78, 5) is 24.1. The van der Waals surface area contributed by atoms with Crippen LogP contribution in [0, 0.1) is 11.8 Å². The number of hydrogen-bond donors (Lipinski definition) is 1. The van der Waals surface area contributed by atoms with E-state index in [0.29, 0.717) is 30.2 Å². The van der Waals surface area contributed by atoms with E-state index >= 15 is 0 Å². The zero-order chi connectivity index (χ0) is 24.9. The molecule has 0 aliphatic heterocycles. The Labute approximate surface area is 209 Å². The van der Waals surface area contributed by atoms with Crippen molar-refractivity contribution < 1.29 is 9.59 Å². The van der Waals surface area contributed by atoms with Crippen LogP contribution in [0.1, 0.15) is 82.3 Å². The van der Waals surface area contributed by atoms with Crippen LogP contribution < -0.4 is 9.62 Å². The zero-order valence-corrected chi connectivity index (χ0v) is 22.2. The van der Waals surface area contributed by atoms with E-state index in [1.165, 1.54) is 6.42 Å². The van der Waals surface area contributed by atoms with E-state index in [2.05, 4.69) is 40.8 Å². The van der Waals surface area contributed by atoms with Gasteiger partial charge in [-0.3, -0.25) is 14.3 Å². The molecule has 2 rings (SSSR count). The molecule has 188 valence electrons. The number of nitrogens with one attached hydrogen (secondary N) is 1. The Morgan fingerprint density at radius 2 is 1.76 bits per heavy atom. The number of unbranched alkanes of at least 4 members (excludes halogenated alkanes) is 3. The minimum Gasteiger partial charge on any atom is -0.346 e. The number of benzene rings is 1. The van der Waals surface area contributed by atoms with Crippen molar-refractivity contribution in [3.05, 3.63) is 41.7 Å². The van der Waals surface area contributed by atoms with Crippen molar-refractivity contribution in [2.75, 3.05) is 17.1 Å². The Hall–Kier alpha value is -2.35. The highest BCUT2D eigenvalue weighted by atomic mass is 32.2. The van der Waals surface area contributed by atoms with E-state index in [4.69, 9.17) is 0 Å². The molecule has 0 aliphatic rings. The molecular formula is C26H41N5O2S. The molecule has 0 aliphatic carbocycles. The summed E-state index contributed by atoms with van der Waals surface area (Å²) in [5.74, 6) is 2.15. The smallest absolute Gasteiger partial charge is 0.251 e. The van der Waals surface area contributed by atoms with Crippen LogP contribution in [0.4, 0.5) is 5.69 Å². The monoisotopic (exact) mass is 487 g/mol. The third-order valence-electron chi connectivity index (χ3n) is 5.69. The molecule has 0 fully saturated rings. The summed E-state index contributed by atoms with van der Waals surface area (Å²) in [7, 11) is 2.05. The number of aromatic nitrogens is 3. The second-order valence-corrected chi connectivity index (χ2v) is 10.7. The normalized spacial score (nSPS) is 11.3. The molecule has 0 saturated carbocycles. The second-order valence-electron chi connectivity index (χ2n) is 9.50. The number of ketones is 1. The molecule has 7 nitrogen and oxygen atoms in total. The number of hydrogen-bond acceptors (Lipinski definition) is 6. The quantitative estimate of drug-likeness (QED) is 0.248. The van der Waals surface area contributed by atoms with Crippen molar-refractivity contribution >= 4 is 29.3 Å². The SMILES string of the molecule is CC(C)CCSN(C)c1ccc(C(=O)NCc2cn(CCCCCCC(=O)C(C)C)nn2)cc1. The van der Waals surface area contributed by atoms with Crippen LogP contribution in [0.5, 0.6) is 0 Å². The molecule has 1 amide bonds. The summed E-state index contributed by atoms with van der Waals surface area (Å²) < 4.78 is 3.97. The maximum Gasteiger partial charge on any atom is 0.251 e. The number of aryl methyl sites for hydroxylation is 1. The molecule has 1 aromatic heterocycles. The molecule has 1 N–H and O–H groups in total. The molecule has 0 radical (unpaired) electrons. The molecule has 1 aromatic carbocycles. The molecular weight excluding hydrogens is 446 g/mol. The summed E-state index contributed by atoms with van der Waals surface area (Å²) in [6.45, 7) is 9.52. The number of amides is 1. The summed E-state index contributed by atoms with van der Waals surface area (Å²) >= 11 is 1.79. The van der Waals surface area contributed by atoms with Gasteiger partial charge in [0.2, 0.25) is 0 Å². The minimum atomic E-state index is -0.118. The molecule has 34 heavy (non-hydrogen) atoms. The van der Waals surface area contributed by atoms with E-state index in [1.807, 2.05) is 49.0 Å². The fraction of sp³-hybridized carbons (Fsp3) is 0.615. The molecule has 0 unspecified atom stereocenters. The Balaban J connectivity index is 1.68. The van der Waals surface area contributed by atoms with Gasteiger partial charge in [0.15, 0.2) is 0 Å². The summed E-state index contributed by atoms with van der Waals surface area (Å²) in [6, 6.07) is 7.67. The third kappa shape index (κ3) is 10.3. The second kappa shape index (κ2) is 14.8. The third-order valence-corrected chi connectivity index (χ3v) is 6.71. The molecule has 2 aromatic rings. The van der Waals surface area contributed by atoms with Crippen LogP contribution in [0.25, 0.3) is 0 Å². The average Bonchev–Trinajstić information content (AvgIpc) is 3.27. The maximum absolute atomic E-state index is 12.5. The highest BCUT2D eigenvalue weighted by molar-refractivity contribution is 8.00. The molecule has 8 heteroatoms. The largest absolute Gasteiger partial charge is 0.346 e. The van der Waals surface area contributed by atoms with Crippen LogP contribution >= 0.6 is 11.9 Å². The van der Waals surface area contributed by atoms with Crippen molar-refractivity contribution in [3.8, 4) is 0 Å². The Morgan fingerprint density at radius 3 is 2.44 bits per heavy atom. The van der Waals surface area contributed by atoms with Crippen LogP contribution in [-0.2, 0) is 17.9 Å². The molecule has 0 saturated heterocycles. The van der Waals surface area contributed by atoms with Gasteiger partial charge in [0.05, 0.1) is 12.7 Å². The Bertz CT molecular complexity index is 880. The van der Waals surface area contributed by atoms with Crippen LogP contribution in [0.3, 0.4) is 0 Å². The number of rotatable bonds is 16. The van der Waals surface area contributed by atoms with Crippen molar-refractivity contribution in [1.29, 1.82) is 0 Å². The number of carbonyl (C=O) groups is 2. The van der Waals surface area contributed by atoms with Gasteiger partial charge in [-0.15, -0.1) is 5.10 Å². The van der Waals surface area contributed by atoms with Gasteiger partial charge in [-0.2, -0.15) is 0 Å². The predicted octanol–water partition coefficient (Wildman–Crippen LogP) is 5.51. The first kappa shape index (κ1) is 27.9. The first-order valence-electron chi connectivity index (χ1n) is 12.4. The first-order chi connectivity index (χ1) is 16.3. The van der Waals surface area contributed by atoms with E-state index in [-0.39, 0.29) is 11.8 Å². The van der Waals surface area contributed by atoms with Crippen molar-refractivity contribution in [3.63, 3.8) is 0 Å². The Kier molecular flexibility index (Phi) is 12.2. The predicted molar refractivity (Wildman–Crippen MR) is 141 cm³/mol. The van der Waals surface area contributed by atoms with Gasteiger partial charge < -0.3 is 9.62 Å². The maximum atomic E-state index is 12.5. The minimum absolute atomic E-state index is 0.118. The lowest BCUT2D eigenvalue weighted by Gasteiger charge is -2.18. The van der Waals surface area contributed by atoms with E-state index in [9.17, 15) is 9.59 Å². The van der Waals surface area contributed by atoms with Gasteiger partial charge in [0.1, 0.15) is 11.5 Å². The number of anilines is 1.